The molecule has 0 aliphatic heterocycles. The second-order valence-electron chi connectivity index (χ2n) is 5.34. The molecule has 0 saturated carbocycles. The Balaban J connectivity index is 2.11. The van der Waals surface area contributed by atoms with E-state index in [0.29, 0.717) is 37.5 Å². The minimum Gasteiger partial charge on any atom is -0.495 e. The third kappa shape index (κ3) is 3.82. The molecule has 3 rings (SSSR count). The average molecular weight is 412 g/mol. The lowest BCUT2D eigenvalue weighted by atomic mass is 10.1. The van der Waals surface area contributed by atoms with Crippen LogP contribution in [0.1, 0.15) is 4.88 Å². The standard InChI is InChI=1S/C18H12Cl2FNO3S/c1-25-14-5-3-10(6-12(14)20)18-22-17(15(26-18)8-16(23)24)9-2-4-11(19)13(21)7-9/h2-7H,8H2,1H3,(H,23,24). The topological polar surface area (TPSA) is 59.4 Å². The Morgan fingerprint density at radius 3 is 2.54 bits per heavy atom. The number of rotatable bonds is 5. The van der Waals surface area contributed by atoms with E-state index in [4.69, 9.17) is 27.9 Å². The Kier molecular flexibility index (Phi) is 5.46. The van der Waals surface area contributed by atoms with Gasteiger partial charge in [0.1, 0.15) is 16.6 Å². The number of hydrogen-bond donors (Lipinski definition) is 1. The van der Waals surface area contributed by atoms with Crippen molar-refractivity contribution in [3.05, 3.63) is 57.1 Å². The molecule has 0 spiro atoms. The van der Waals surface area contributed by atoms with Crippen LogP contribution in [0.4, 0.5) is 4.39 Å². The van der Waals surface area contributed by atoms with E-state index < -0.39 is 11.8 Å². The molecule has 2 aromatic carbocycles. The Bertz CT molecular complexity index is 991. The van der Waals surface area contributed by atoms with Crippen molar-refractivity contribution in [1.82, 2.24) is 4.98 Å². The van der Waals surface area contributed by atoms with Crippen molar-refractivity contribution < 1.29 is 19.0 Å². The number of halogens is 3. The van der Waals surface area contributed by atoms with E-state index in [9.17, 15) is 14.3 Å². The van der Waals surface area contributed by atoms with Crippen molar-refractivity contribution in [2.75, 3.05) is 7.11 Å². The highest BCUT2D eigenvalue weighted by Gasteiger charge is 2.18. The van der Waals surface area contributed by atoms with Gasteiger partial charge in [0.05, 0.1) is 29.3 Å². The van der Waals surface area contributed by atoms with Crippen molar-refractivity contribution in [1.29, 1.82) is 0 Å². The van der Waals surface area contributed by atoms with Gasteiger partial charge in [0.2, 0.25) is 0 Å². The molecule has 1 aromatic heterocycles. The average Bonchev–Trinajstić information content (AvgIpc) is 3.00. The van der Waals surface area contributed by atoms with Crippen molar-refractivity contribution in [2.24, 2.45) is 0 Å². The number of thiazole rings is 1. The van der Waals surface area contributed by atoms with Gasteiger partial charge in [0, 0.05) is 16.0 Å². The van der Waals surface area contributed by atoms with Crippen molar-refractivity contribution >= 4 is 40.5 Å². The summed E-state index contributed by atoms with van der Waals surface area (Å²) in [4.78, 5) is 16.2. The van der Waals surface area contributed by atoms with Crippen LogP contribution in [-0.2, 0) is 11.2 Å². The summed E-state index contributed by atoms with van der Waals surface area (Å²) in [5, 5.41) is 10.2. The lowest BCUT2D eigenvalue weighted by molar-refractivity contribution is -0.136. The highest BCUT2D eigenvalue weighted by Crippen LogP contribution is 2.37. The van der Waals surface area contributed by atoms with Gasteiger partial charge in [-0.05, 0) is 30.3 Å². The molecular formula is C18H12Cl2FNO3S. The normalized spacial score (nSPS) is 10.8. The number of carbonyl (C=O) groups is 1. The molecule has 4 nitrogen and oxygen atoms in total. The number of carboxylic acids is 1. The van der Waals surface area contributed by atoms with Gasteiger partial charge in [-0.1, -0.05) is 29.3 Å². The molecule has 1 N–H and O–H groups in total. The molecule has 26 heavy (non-hydrogen) atoms. The zero-order valence-corrected chi connectivity index (χ0v) is 15.8. The summed E-state index contributed by atoms with van der Waals surface area (Å²) in [5.74, 6) is -1.06. The van der Waals surface area contributed by atoms with Gasteiger partial charge in [-0.25, -0.2) is 9.37 Å². The molecule has 0 radical (unpaired) electrons. The first kappa shape index (κ1) is 18.6. The number of methoxy groups -OCH3 is 1. The Hall–Kier alpha value is -2.15. The summed E-state index contributed by atoms with van der Waals surface area (Å²) in [6, 6.07) is 9.44. The number of aromatic nitrogens is 1. The number of nitrogens with zero attached hydrogens (tertiary/aromatic N) is 1. The fraction of sp³-hybridized carbons (Fsp3) is 0.111. The molecule has 0 saturated heterocycles. The summed E-state index contributed by atoms with van der Waals surface area (Å²) in [6.07, 6.45) is -0.221. The minimum atomic E-state index is -0.997. The molecule has 0 amide bonds. The molecule has 1 heterocycles. The van der Waals surface area contributed by atoms with Crippen LogP contribution < -0.4 is 4.74 Å². The molecule has 0 aliphatic rings. The van der Waals surface area contributed by atoms with E-state index in [0.717, 1.165) is 0 Å². The van der Waals surface area contributed by atoms with Crippen LogP contribution in [0.3, 0.4) is 0 Å². The fourth-order valence-corrected chi connectivity index (χ4v) is 3.85. The first-order valence-corrected chi connectivity index (χ1v) is 8.97. The first-order chi connectivity index (χ1) is 12.4. The molecular weight excluding hydrogens is 400 g/mol. The van der Waals surface area contributed by atoms with E-state index in [2.05, 4.69) is 4.98 Å². The van der Waals surface area contributed by atoms with Crippen LogP contribution in [0.5, 0.6) is 5.75 Å². The number of hydrogen-bond acceptors (Lipinski definition) is 4. The molecule has 0 unspecified atom stereocenters. The van der Waals surface area contributed by atoms with Crippen molar-refractivity contribution in [3.63, 3.8) is 0 Å². The lowest BCUT2D eigenvalue weighted by Gasteiger charge is -2.04. The van der Waals surface area contributed by atoms with Crippen LogP contribution in [-0.4, -0.2) is 23.2 Å². The maximum absolute atomic E-state index is 13.8. The molecule has 3 aromatic rings. The van der Waals surface area contributed by atoms with E-state index >= 15 is 0 Å². The van der Waals surface area contributed by atoms with Gasteiger partial charge < -0.3 is 9.84 Å². The van der Waals surface area contributed by atoms with E-state index in [1.807, 2.05) is 0 Å². The van der Waals surface area contributed by atoms with Crippen molar-refractivity contribution in [2.45, 2.75) is 6.42 Å². The van der Waals surface area contributed by atoms with Gasteiger partial charge in [-0.15, -0.1) is 11.3 Å². The Morgan fingerprint density at radius 2 is 1.92 bits per heavy atom. The lowest BCUT2D eigenvalue weighted by Crippen LogP contribution is -1.99. The molecule has 0 atom stereocenters. The van der Waals surface area contributed by atoms with Gasteiger partial charge in [0.25, 0.3) is 0 Å². The third-order valence-corrected chi connectivity index (χ3v) is 5.31. The molecule has 0 bridgehead atoms. The van der Waals surface area contributed by atoms with Crippen LogP contribution in [0.25, 0.3) is 21.8 Å². The fourth-order valence-electron chi connectivity index (χ4n) is 2.40. The minimum absolute atomic E-state index is 0.00840. The number of benzene rings is 2. The summed E-state index contributed by atoms with van der Waals surface area (Å²) >= 11 is 13.1. The Labute approximate surface area is 162 Å². The molecule has 8 heteroatoms. The van der Waals surface area contributed by atoms with Gasteiger partial charge >= 0.3 is 5.97 Å². The third-order valence-electron chi connectivity index (χ3n) is 3.60. The quantitative estimate of drug-likeness (QED) is 0.596. The second kappa shape index (κ2) is 7.61. The van der Waals surface area contributed by atoms with Gasteiger partial charge in [-0.2, -0.15) is 0 Å². The smallest absolute Gasteiger partial charge is 0.308 e. The van der Waals surface area contributed by atoms with Crippen LogP contribution in [0, 0.1) is 5.82 Å². The predicted molar refractivity (Wildman–Crippen MR) is 101 cm³/mol. The summed E-state index contributed by atoms with van der Waals surface area (Å²) in [6.45, 7) is 0. The monoisotopic (exact) mass is 411 g/mol. The largest absolute Gasteiger partial charge is 0.495 e. The number of ether oxygens (including phenoxy) is 1. The highest BCUT2D eigenvalue weighted by atomic mass is 35.5. The van der Waals surface area contributed by atoms with E-state index in [1.54, 1.807) is 24.3 Å². The van der Waals surface area contributed by atoms with Crippen LogP contribution >= 0.6 is 34.5 Å². The number of carboxylic acid groups (broad SMARTS) is 1. The SMILES string of the molecule is COc1ccc(-c2nc(-c3ccc(Cl)c(F)c3)c(CC(=O)O)s2)cc1Cl. The van der Waals surface area contributed by atoms with Crippen LogP contribution in [0.15, 0.2) is 36.4 Å². The van der Waals surface area contributed by atoms with Gasteiger partial charge in [0.15, 0.2) is 0 Å². The van der Waals surface area contributed by atoms with Crippen LogP contribution in [0.2, 0.25) is 10.0 Å². The van der Waals surface area contributed by atoms with Gasteiger partial charge in [-0.3, -0.25) is 4.79 Å². The highest BCUT2D eigenvalue weighted by molar-refractivity contribution is 7.15. The molecule has 0 fully saturated rings. The summed E-state index contributed by atoms with van der Waals surface area (Å²) in [5.41, 5.74) is 1.59. The molecule has 134 valence electrons. The maximum Gasteiger partial charge on any atom is 0.308 e. The number of aliphatic carboxylic acids is 1. The predicted octanol–water partition coefficient (Wildman–Crippen LogP) is 5.56. The second-order valence-corrected chi connectivity index (χ2v) is 7.24. The first-order valence-electron chi connectivity index (χ1n) is 7.40. The maximum atomic E-state index is 13.8. The zero-order valence-electron chi connectivity index (χ0n) is 13.4. The Morgan fingerprint density at radius 1 is 1.19 bits per heavy atom. The van der Waals surface area contributed by atoms with E-state index in [-0.39, 0.29) is 11.4 Å². The molecule has 0 aliphatic carbocycles. The summed E-state index contributed by atoms with van der Waals surface area (Å²) in [7, 11) is 1.52. The van der Waals surface area contributed by atoms with Crippen molar-refractivity contribution in [3.8, 4) is 27.6 Å². The summed E-state index contributed by atoms with van der Waals surface area (Å²) < 4.78 is 19.0. The van der Waals surface area contributed by atoms with E-state index in [1.165, 1.54) is 30.6 Å². The zero-order chi connectivity index (χ0) is 18.8.